The Morgan fingerprint density at radius 3 is 2.29 bits per heavy atom. The fourth-order valence-corrected chi connectivity index (χ4v) is 4.60. The van der Waals surface area contributed by atoms with Gasteiger partial charge in [-0.1, -0.05) is 11.6 Å². The normalized spacial score (nSPS) is 15.7. The van der Waals surface area contributed by atoms with Crippen LogP contribution in [0.3, 0.4) is 0 Å². The second-order valence-electron chi connectivity index (χ2n) is 6.52. The van der Waals surface area contributed by atoms with Crippen LogP contribution in [0.2, 0.25) is 5.02 Å². The minimum atomic E-state index is -3.55. The van der Waals surface area contributed by atoms with Crippen LogP contribution in [0.4, 0.5) is 5.69 Å². The summed E-state index contributed by atoms with van der Waals surface area (Å²) in [6.07, 6.45) is 0. The zero-order chi connectivity index (χ0) is 20.1. The standard InChI is InChI=1S/C19H19ClN4O3S/c20-16-3-7-18(8-4-16)28(26,27)24-11-9-23(10-12-24)14-19(25)22-17-5-1-15(13-21)2-6-17/h1-8H,9-12,14H2,(H,22,25)/p+1. The van der Waals surface area contributed by atoms with Crippen molar-refractivity contribution in [3.63, 3.8) is 0 Å². The molecule has 2 N–H and O–H groups in total. The first-order chi connectivity index (χ1) is 13.4. The van der Waals surface area contributed by atoms with Crippen LogP contribution in [0.25, 0.3) is 0 Å². The Kier molecular flexibility index (Phi) is 6.31. The zero-order valence-corrected chi connectivity index (χ0v) is 16.6. The summed E-state index contributed by atoms with van der Waals surface area (Å²) in [7, 11) is -3.55. The molecule has 0 unspecified atom stereocenters. The van der Waals surface area contributed by atoms with E-state index in [2.05, 4.69) is 5.32 Å². The molecule has 1 aliphatic heterocycles. The second-order valence-corrected chi connectivity index (χ2v) is 8.90. The molecule has 0 spiro atoms. The Morgan fingerprint density at radius 2 is 1.71 bits per heavy atom. The fourth-order valence-electron chi connectivity index (χ4n) is 3.04. The van der Waals surface area contributed by atoms with E-state index in [1.165, 1.54) is 16.4 Å². The predicted molar refractivity (Wildman–Crippen MR) is 106 cm³/mol. The number of hydrogen-bond acceptors (Lipinski definition) is 4. The van der Waals surface area contributed by atoms with Gasteiger partial charge in [-0.3, -0.25) is 4.79 Å². The third-order valence-corrected chi connectivity index (χ3v) is 6.75. The molecular weight excluding hydrogens is 400 g/mol. The molecule has 2 aromatic rings. The maximum absolute atomic E-state index is 12.7. The molecule has 0 bridgehead atoms. The van der Waals surface area contributed by atoms with Gasteiger partial charge in [0.1, 0.15) is 0 Å². The zero-order valence-electron chi connectivity index (χ0n) is 15.1. The van der Waals surface area contributed by atoms with Crippen LogP contribution in [-0.4, -0.2) is 51.4 Å². The quantitative estimate of drug-likeness (QED) is 0.747. The van der Waals surface area contributed by atoms with E-state index in [9.17, 15) is 13.2 Å². The summed E-state index contributed by atoms with van der Waals surface area (Å²) in [6, 6.07) is 14.8. The van der Waals surface area contributed by atoms with Crippen molar-refractivity contribution in [1.82, 2.24) is 4.31 Å². The Labute approximate surface area is 169 Å². The molecule has 1 fully saturated rings. The molecule has 1 aliphatic rings. The van der Waals surface area contributed by atoms with Crippen molar-refractivity contribution in [3.05, 3.63) is 59.1 Å². The van der Waals surface area contributed by atoms with Crippen LogP contribution < -0.4 is 10.2 Å². The number of nitrogens with zero attached hydrogens (tertiary/aromatic N) is 2. The number of sulfonamides is 1. The first-order valence-corrected chi connectivity index (χ1v) is 10.6. The third-order valence-electron chi connectivity index (χ3n) is 4.59. The molecule has 2 aromatic carbocycles. The van der Waals surface area contributed by atoms with Crippen molar-refractivity contribution in [2.45, 2.75) is 4.90 Å². The summed E-state index contributed by atoms with van der Waals surface area (Å²) in [5.74, 6) is -0.145. The Morgan fingerprint density at radius 1 is 1.11 bits per heavy atom. The molecule has 1 saturated heterocycles. The predicted octanol–water partition coefficient (Wildman–Crippen LogP) is 0.740. The van der Waals surface area contributed by atoms with Crippen LogP contribution >= 0.6 is 11.6 Å². The van der Waals surface area contributed by atoms with Crippen molar-refractivity contribution in [2.24, 2.45) is 0 Å². The summed E-state index contributed by atoms with van der Waals surface area (Å²) >= 11 is 5.82. The minimum absolute atomic E-state index is 0.145. The van der Waals surface area contributed by atoms with E-state index in [1.807, 2.05) is 6.07 Å². The van der Waals surface area contributed by atoms with Crippen LogP contribution in [-0.2, 0) is 14.8 Å². The number of quaternary nitrogens is 1. The van der Waals surface area contributed by atoms with Gasteiger partial charge in [-0.05, 0) is 48.5 Å². The third kappa shape index (κ3) is 4.88. The molecule has 0 radical (unpaired) electrons. The molecule has 146 valence electrons. The number of amides is 1. The second kappa shape index (κ2) is 8.71. The maximum atomic E-state index is 12.7. The van der Waals surface area contributed by atoms with Gasteiger partial charge in [0, 0.05) is 10.7 Å². The minimum Gasteiger partial charge on any atom is -0.325 e. The van der Waals surface area contributed by atoms with E-state index < -0.39 is 10.0 Å². The highest BCUT2D eigenvalue weighted by molar-refractivity contribution is 7.89. The smallest absolute Gasteiger partial charge is 0.279 e. The van der Waals surface area contributed by atoms with Crippen molar-refractivity contribution >= 4 is 33.2 Å². The van der Waals surface area contributed by atoms with Crippen molar-refractivity contribution in [1.29, 1.82) is 5.26 Å². The largest absolute Gasteiger partial charge is 0.325 e. The topological polar surface area (TPSA) is 94.7 Å². The van der Waals surface area contributed by atoms with Gasteiger partial charge in [0.05, 0.1) is 42.7 Å². The lowest BCUT2D eigenvalue weighted by Gasteiger charge is -2.31. The van der Waals surface area contributed by atoms with E-state index in [1.54, 1.807) is 36.4 Å². The summed E-state index contributed by atoms with van der Waals surface area (Å²) in [5.41, 5.74) is 1.16. The highest BCUT2D eigenvalue weighted by Crippen LogP contribution is 2.18. The number of piperazine rings is 1. The molecule has 7 nitrogen and oxygen atoms in total. The molecule has 28 heavy (non-hydrogen) atoms. The van der Waals surface area contributed by atoms with E-state index >= 15 is 0 Å². The van der Waals surface area contributed by atoms with Gasteiger partial charge in [0.25, 0.3) is 5.91 Å². The number of anilines is 1. The van der Waals surface area contributed by atoms with Gasteiger partial charge in [0.2, 0.25) is 10.0 Å². The average Bonchev–Trinajstić information content (AvgIpc) is 2.69. The summed E-state index contributed by atoms with van der Waals surface area (Å²) in [4.78, 5) is 13.5. The molecule has 0 aromatic heterocycles. The highest BCUT2D eigenvalue weighted by Gasteiger charge is 2.31. The molecule has 0 aliphatic carbocycles. The molecule has 1 amide bonds. The number of nitrogens with one attached hydrogen (secondary N) is 2. The Hall–Kier alpha value is -2.44. The molecule has 0 atom stereocenters. The number of carbonyl (C=O) groups is 1. The summed E-state index contributed by atoms with van der Waals surface area (Å²) in [6.45, 7) is 2.06. The van der Waals surface area contributed by atoms with Crippen LogP contribution in [0, 0.1) is 11.3 Å². The SMILES string of the molecule is N#Cc1ccc(NC(=O)C[NH+]2CCN(S(=O)(=O)c3ccc(Cl)cc3)CC2)cc1. The van der Waals surface area contributed by atoms with Crippen LogP contribution in [0.5, 0.6) is 0 Å². The lowest BCUT2D eigenvalue weighted by atomic mass is 10.2. The number of nitriles is 1. The van der Waals surface area contributed by atoms with Gasteiger partial charge in [0.15, 0.2) is 6.54 Å². The van der Waals surface area contributed by atoms with Crippen LogP contribution in [0.1, 0.15) is 5.56 Å². The lowest BCUT2D eigenvalue weighted by Crippen LogP contribution is -3.15. The van der Waals surface area contributed by atoms with E-state index in [-0.39, 0.29) is 17.3 Å². The van der Waals surface area contributed by atoms with Crippen molar-refractivity contribution in [2.75, 3.05) is 38.0 Å². The van der Waals surface area contributed by atoms with Crippen LogP contribution in [0.15, 0.2) is 53.4 Å². The Bertz CT molecular complexity index is 977. The molecule has 1 heterocycles. The molecule has 3 rings (SSSR count). The summed E-state index contributed by atoms with van der Waals surface area (Å²) in [5, 5.41) is 12.1. The first-order valence-electron chi connectivity index (χ1n) is 8.78. The number of rotatable bonds is 5. The highest BCUT2D eigenvalue weighted by atomic mass is 35.5. The fraction of sp³-hybridized carbons (Fsp3) is 0.263. The number of halogens is 1. The summed E-state index contributed by atoms with van der Waals surface area (Å²) < 4.78 is 26.8. The van der Waals surface area contributed by atoms with Gasteiger partial charge in [-0.15, -0.1) is 0 Å². The van der Waals surface area contributed by atoms with E-state index in [0.717, 1.165) is 4.90 Å². The average molecular weight is 420 g/mol. The monoisotopic (exact) mass is 419 g/mol. The molecule has 9 heteroatoms. The van der Waals surface area contributed by atoms with Gasteiger partial charge in [-0.2, -0.15) is 9.57 Å². The Balaban J connectivity index is 1.52. The van der Waals surface area contributed by atoms with E-state index in [4.69, 9.17) is 16.9 Å². The number of hydrogen-bond donors (Lipinski definition) is 2. The van der Waals surface area contributed by atoms with Gasteiger partial charge in [-0.25, -0.2) is 8.42 Å². The van der Waals surface area contributed by atoms with Gasteiger partial charge >= 0.3 is 0 Å². The molecule has 0 saturated carbocycles. The maximum Gasteiger partial charge on any atom is 0.279 e. The van der Waals surface area contributed by atoms with Crippen molar-refractivity contribution < 1.29 is 18.1 Å². The first kappa shape index (κ1) is 20.3. The lowest BCUT2D eigenvalue weighted by molar-refractivity contribution is -0.895. The number of carbonyl (C=O) groups excluding carboxylic acids is 1. The van der Waals surface area contributed by atoms with Crippen molar-refractivity contribution in [3.8, 4) is 6.07 Å². The number of benzene rings is 2. The van der Waals surface area contributed by atoms with Gasteiger partial charge < -0.3 is 10.2 Å². The van der Waals surface area contributed by atoms with E-state index in [0.29, 0.717) is 42.5 Å². The molecular formula is C19H20ClN4O3S+.